The molecule has 2 rings (SSSR count). The summed E-state index contributed by atoms with van der Waals surface area (Å²) in [6.07, 6.45) is 1.57. The van der Waals surface area contributed by atoms with Gasteiger partial charge in [-0.1, -0.05) is 40.9 Å². The van der Waals surface area contributed by atoms with Crippen molar-refractivity contribution in [1.29, 1.82) is 0 Å². The molecular weight excluding hydrogens is 344 g/mol. The third-order valence-electron chi connectivity index (χ3n) is 2.48. The van der Waals surface area contributed by atoms with Crippen LogP contribution >= 0.6 is 46.4 Å². The molecule has 0 unspecified atom stereocenters. The van der Waals surface area contributed by atoms with E-state index in [2.05, 4.69) is 10.4 Å². The minimum Gasteiger partial charge on any atom is -0.307 e. The molecule has 1 amide bonds. The van der Waals surface area contributed by atoms with Gasteiger partial charge in [-0.25, -0.2) is 0 Å². The lowest BCUT2D eigenvalue weighted by Gasteiger charge is -2.06. The lowest BCUT2D eigenvalue weighted by molar-refractivity contribution is -0.113. The van der Waals surface area contributed by atoms with Crippen molar-refractivity contribution < 1.29 is 4.79 Å². The van der Waals surface area contributed by atoms with Crippen molar-refractivity contribution in [2.24, 2.45) is 0 Å². The number of carbonyl (C=O) groups excluding carboxylic acids is 1. The fourth-order valence-electron chi connectivity index (χ4n) is 1.57. The summed E-state index contributed by atoms with van der Waals surface area (Å²) in [7, 11) is 0. The number of aromatic nitrogens is 2. The first-order chi connectivity index (χ1) is 9.51. The van der Waals surface area contributed by atoms with E-state index in [1.54, 1.807) is 29.1 Å². The van der Waals surface area contributed by atoms with Gasteiger partial charge in [0.15, 0.2) is 5.82 Å². The van der Waals surface area contributed by atoms with Crippen LogP contribution in [0.4, 0.5) is 5.82 Å². The summed E-state index contributed by atoms with van der Waals surface area (Å²) in [5.74, 6) is -0.297. The molecule has 0 bridgehead atoms. The molecule has 0 saturated heterocycles. The molecule has 1 N–H and O–H groups in total. The van der Waals surface area contributed by atoms with Crippen molar-refractivity contribution in [2.45, 2.75) is 6.54 Å². The lowest BCUT2D eigenvalue weighted by atomic mass is 10.2. The zero-order chi connectivity index (χ0) is 14.7. The number of hydrogen-bond donors (Lipinski definition) is 1. The van der Waals surface area contributed by atoms with Gasteiger partial charge < -0.3 is 5.32 Å². The molecule has 8 heteroatoms. The highest BCUT2D eigenvalue weighted by Crippen LogP contribution is 2.26. The molecule has 20 heavy (non-hydrogen) atoms. The van der Waals surface area contributed by atoms with Crippen LogP contribution in [0.25, 0.3) is 0 Å². The summed E-state index contributed by atoms with van der Waals surface area (Å²) in [6, 6.07) is 5.24. The van der Waals surface area contributed by atoms with Crippen LogP contribution in [0.2, 0.25) is 15.1 Å². The molecule has 2 aromatic rings. The van der Waals surface area contributed by atoms with E-state index in [4.69, 9.17) is 46.4 Å². The van der Waals surface area contributed by atoms with E-state index in [-0.39, 0.29) is 17.6 Å². The third-order valence-corrected chi connectivity index (χ3v) is 3.71. The Hall–Kier alpha value is -0.940. The Bertz CT molecular complexity index is 621. The average Bonchev–Trinajstić information content (AvgIpc) is 2.74. The summed E-state index contributed by atoms with van der Waals surface area (Å²) >= 11 is 23.6. The molecule has 0 aliphatic carbocycles. The fraction of sp³-hybridized carbons (Fsp3) is 0.167. The van der Waals surface area contributed by atoms with Crippen molar-refractivity contribution >= 4 is 58.1 Å². The summed E-state index contributed by atoms with van der Waals surface area (Å²) in [5, 5.41) is 8.03. The molecule has 0 aliphatic heterocycles. The van der Waals surface area contributed by atoms with Crippen molar-refractivity contribution in [2.75, 3.05) is 11.2 Å². The van der Waals surface area contributed by atoms with Gasteiger partial charge >= 0.3 is 0 Å². The van der Waals surface area contributed by atoms with E-state index in [9.17, 15) is 4.79 Å². The maximum Gasteiger partial charge on any atom is 0.240 e. The Kier molecular flexibility index (Phi) is 5.16. The SMILES string of the molecule is O=C(CCl)Nc1nn(Cc2c(Cl)cccc2Cl)cc1Cl. The zero-order valence-electron chi connectivity index (χ0n) is 10.0. The van der Waals surface area contributed by atoms with E-state index in [0.29, 0.717) is 21.6 Å². The predicted octanol–water partition coefficient (Wildman–Crippen LogP) is 4.07. The number of carbonyl (C=O) groups is 1. The zero-order valence-corrected chi connectivity index (χ0v) is 13.1. The second-order valence-corrected chi connectivity index (χ2v) is 5.39. The highest BCUT2D eigenvalue weighted by Gasteiger charge is 2.12. The molecule has 1 aromatic carbocycles. The second kappa shape index (κ2) is 6.68. The molecular formula is C12H9Cl4N3O. The number of rotatable bonds is 4. The fourth-order valence-corrected chi connectivity index (χ4v) is 2.36. The predicted molar refractivity (Wildman–Crippen MR) is 82.2 cm³/mol. The first-order valence-corrected chi connectivity index (χ1v) is 7.19. The molecule has 0 atom stereocenters. The van der Waals surface area contributed by atoms with Gasteiger partial charge in [0, 0.05) is 21.8 Å². The molecule has 106 valence electrons. The standard InChI is InChI=1S/C12H9Cl4N3O/c13-4-11(20)17-12-10(16)6-19(18-12)5-7-8(14)2-1-3-9(7)15/h1-3,6H,4-5H2,(H,17,18,20). The van der Waals surface area contributed by atoms with E-state index in [1.165, 1.54) is 0 Å². The third kappa shape index (κ3) is 3.58. The first kappa shape index (κ1) is 15.4. The number of amides is 1. The van der Waals surface area contributed by atoms with E-state index in [1.807, 2.05) is 0 Å². The first-order valence-electron chi connectivity index (χ1n) is 5.53. The molecule has 0 radical (unpaired) electrons. The van der Waals surface area contributed by atoms with Crippen LogP contribution in [0.3, 0.4) is 0 Å². The highest BCUT2D eigenvalue weighted by atomic mass is 35.5. The van der Waals surface area contributed by atoms with Gasteiger partial charge in [-0.15, -0.1) is 11.6 Å². The summed E-state index contributed by atoms with van der Waals surface area (Å²) in [6.45, 7) is 0.342. The van der Waals surface area contributed by atoms with E-state index >= 15 is 0 Å². The minimum atomic E-state index is -0.380. The van der Waals surface area contributed by atoms with E-state index in [0.717, 1.165) is 5.56 Å². The normalized spacial score (nSPS) is 10.6. The maximum absolute atomic E-state index is 11.2. The Morgan fingerprint density at radius 2 is 1.85 bits per heavy atom. The molecule has 0 saturated carbocycles. The number of benzene rings is 1. The van der Waals surface area contributed by atoms with Gasteiger partial charge in [-0.2, -0.15) is 5.10 Å². The van der Waals surface area contributed by atoms with E-state index < -0.39 is 0 Å². The molecule has 0 fully saturated rings. The van der Waals surface area contributed by atoms with Crippen LogP contribution in [0.15, 0.2) is 24.4 Å². The average molecular weight is 353 g/mol. The van der Waals surface area contributed by atoms with Gasteiger partial charge in [0.1, 0.15) is 10.9 Å². The van der Waals surface area contributed by atoms with Gasteiger partial charge in [0.05, 0.1) is 6.54 Å². The quantitative estimate of drug-likeness (QED) is 0.843. The molecule has 1 aromatic heterocycles. The molecule has 1 heterocycles. The smallest absolute Gasteiger partial charge is 0.240 e. The van der Waals surface area contributed by atoms with Crippen molar-refractivity contribution in [1.82, 2.24) is 9.78 Å². The Labute approximate surface area is 135 Å². The summed E-state index contributed by atoms with van der Waals surface area (Å²) < 4.78 is 1.54. The number of alkyl halides is 1. The lowest BCUT2D eigenvalue weighted by Crippen LogP contribution is -2.13. The summed E-state index contributed by atoms with van der Waals surface area (Å²) in [5.41, 5.74) is 0.727. The number of halogens is 4. The van der Waals surface area contributed by atoms with Gasteiger partial charge in [-0.05, 0) is 12.1 Å². The molecule has 4 nitrogen and oxygen atoms in total. The monoisotopic (exact) mass is 351 g/mol. The van der Waals surface area contributed by atoms with Gasteiger partial charge in [0.2, 0.25) is 5.91 Å². The van der Waals surface area contributed by atoms with Crippen LogP contribution < -0.4 is 5.32 Å². The largest absolute Gasteiger partial charge is 0.307 e. The molecule has 0 aliphatic rings. The van der Waals surface area contributed by atoms with Gasteiger partial charge in [-0.3, -0.25) is 9.48 Å². The van der Waals surface area contributed by atoms with Crippen LogP contribution in [-0.2, 0) is 11.3 Å². The van der Waals surface area contributed by atoms with Gasteiger partial charge in [0.25, 0.3) is 0 Å². The number of nitrogens with one attached hydrogen (secondary N) is 1. The maximum atomic E-state index is 11.2. The van der Waals surface area contributed by atoms with Crippen molar-refractivity contribution in [3.63, 3.8) is 0 Å². The summed E-state index contributed by atoms with van der Waals surface area (Å²) in [4.78, 5) is 11.2. The van der Waals surface area contributed by atoms with Crippen LogP contribution in [0.1, 0.15) is 5.56 Å². The molecule has 0 spiro atoms. The Morgan fingerprint density at radius 3 is 2.45 bits per heavy atom. The topological polar surface area (TPSA) is 46.9 Å². The Balaban J connectivity index is 2.23. The number of hydrogen-bond acceptors (Lipinski definition) is 2. The van der Waals surface area contributed by atoms with Crippen molar-refractivity contribution in [3.8, 4) is 0 Å². The number of nitrogens with zero attached hydrogens (tertiary/aromatic N) is 2. The van der Waals surface area contributed by atoms with Crippen LogP contribution in [-0.4, -0.2) is 21.6 Å². The number of anilines is 1. The Morgan fingerprint density at radius 1 is 1.20 bits per heavy atom. The second-order valence-electron chi connectivity index (χ2n) is 3.91. The minimum absolute atomic E-state index is 0.167. The highest BCUT2D eigenvalue weighted by molar-refractivity contribution is 6.36. The van der Waals surface area contributed by atoms with Crippen LogP contribution in [0.5, 0.6) is 0 Å². The van der Waals surface area contributed by atoms with Crippen LogP contribution in [0, 0.1) is 0 Å². The van der Waals surface area contributed by atoms with Crippen molar-refractivity contribution in [3.05, 3.63) is 45.0 Å².